The highest BCUT2D eigenvalue weighted by atomic mass is 19.3. The van der Waals surface area contributed by atoms with Gasteiger partial charge in [-0.25, -0.2) is 14.4 Å². The van der Waals surface area contributed by atoms with Gasteiger partial charge in [-0.15, -0.1) is 0 Å². The fourth-order valence-electron chi connectivity index (χ4n) is 3.76. The molecule has 34 heavy (non-hydrogen) atoms. The molecule has 3 heterocycles. The third-order valence-corrected chi connectivity index (χ3v) is 5.14. The van der Waals surface area contributed by atoms with Crippen LogP contribution in [0.4, 0.5) is 30.6 Å². The van der Waals surface area contributed by atoms with E-state index in [9.17, 15) is 13.2 Å². The molecule has 0 saturated carbocycles. The van der Waals surface area contributed by atoms with E-state index in [0.717, 1.165) is 6.20 Å². The maximum atomic E-state index is 14.6. The number of hydrogen-bond donors (Lipinski definition) is 1. The summed E-state index contributed by atoms with van der Waals surface area (Å²) in [6, 6.07) is 7.80. The number of morpholine rings is 1. The van der Waals surface area contributed by atoms with Gasteiger partial charge in [0.25, 0.3) is 0 Å². The molecule has 0 amide bonds. The standard InChI is InChI=1S/C23H24F3N5O3/c1-13-11-31(12-14(2)33-13)23-28-10-18(24)20(30-23)29-19-8-16(9-27-21(19)32-3)15-4-6-17(7-5-15)34-22(25)26/h4-10,13-14,22H,11-12H2,1-3H3,(H,28,29,30)/t13-,14-/m1/s1. The van der Waals surface area contributed by atoms with E-state index >= 15 is 0 Å². The van der Waals surface area contributed by atoms with Gasteiger partial charge in [0.15, 0.2) is 11.6 Å². The van der Waals surface area contributed by atoms with Crippen LogP contribution in [0.25, 0.3) is 11.1 Å². The van der Waals surface area contributed by atoms with Crippen LogP contribution in [0.15, 0.2) is 42.7 Å². The third kappa shape index (κ3) is 5.48. The molecular formula is C23H24F3N5O3. The fraction of sp³-hybridized carbons (Fsp3) is 0.348. The molecule has 1 aromatic carbocycles. The van der Waals surface area contributed by atoms with Crippen LogP contribution < -0.4 is 19.7 Å². The van der Waals surface area contributed by atoms with Crippen LogP contribution in [0.2, 0.25) is 0 Å². The number of alkyl halides is 2. The lowest BCUT2D eigenvalue weighted by Gasteiger charge is -2.35. The number of benzene rings is 1. The summed E-state index contributed by atoms with van der Waals surface area (Å²) in [6.45, 7) is 2.18. The van der Waals surface area contributed by atoms with Gasteiger partial charge >= 0.3 is 6.61 Å². The minimum absolute atomic E-state index is 0.00716. The highest BCUT2D eigenvalue weighted by molar-refractivity contribution is 5.72. The number of nitrogens with zero attached hydrogens (tertiary/aromatic N) is 4. The minimum Gasteiger partial charge on any atom is -0.480 e. The molecule has 8 nitrogen and oxygen atoms in total. The average Bonchev–Trinajstić information content (AvgIpc) is 2.80. The second-order valence-corrected chi connectivity index (χ2v) is 7.84. The van der Waals surface area contributed by atoms with Crippen molar-refractivity contribution in [2.24, 2.45) is 0 Å². The Balaban J connectivity index is 1.61. The van der Waals surface area contributed by atoms with E-state index in [0.29, 0.717) is 35.9 Å². The van der Waals surface area contributed by atoms with Crippen LogP contribution in [0, 0.1) is 5.82 Å². The molecule has 4 rings (SSSR count). The number of aromatic nitrogens is 3. The molecule has 2 atom stereocenters. The number of pyridine rings is 1. The maximum Gasteiger partial charge on any atom is 0.387 e. The quantitative estimate of drug-likeness (QED) is 0.529. The van der Waals surface area contributed by atoms with Gasteiger partial charge in [-0.1, -0.05) is 12.1 Å². The third-order valence-electron chi connectivity index (χ3n) is 5.14. The summed E-state index contributed by atoms with van der Waals surface area (Å²) in [7, 11) is 1.45. The van der Waals surface area contributed by atoms with E-state index in [1.165, 1.54) is 19.2 Å². The zero-order valence-electron chi connectivity index (χ0n) is 18.8. The highest BCUT2D eigenvalue weighted by Gasteiger charge is 2.25. The van der Waals surface area contributed by atoms with Gasteiger partial charge in [0.2, 0.25) is 11.8 Å². The molecule has 1 N–H and O–H groups in total. The molecule has 1 aliphatic heterocycles. The lowest BCUT2D eigenvalue weighted by Crippen LogP contribution is -2.46. The van der Waals surface area contributed by atoms with Crippen molar-refractivity contribution in [2.75, 3.05) is 30.4 Å². The largest absolute Gasteiger partial charge is 0.480 e. The number of methoxy groups -OCH3 is 1. The second-order valence-electron chi connectivity index (χ2n) is 7.84. The predicted octanol–water partition coefficient (Wildman–Crippen LogP) is 4.64. The van der Waals surface area contributed by atoms with Crippen molar-refractivity contribution < 1.29 is 27.4 Å². The molecule has 0 spiro atoms. The Morgan fingerprint density at radius 3 is 2.41 bits per heavy atom. The number of nitrogens with one attached hydrogen (secondary N) is 1. The van der Waals surface area contributed by atoms with Gasteiger partial charge in [-0.05, 0) is 37.6 Å². The molecule has 2 aromatic heterocycles. The smallest absolute Gasteiger partial charge is 0.387 e. The summed E-state index contributed by atoms with van der Waals surface area (Å²) in [6.07, 6.45) is 2.66. The number of halogens is 3. The number of hydrogen-bond acceptors (Lipinski definition) is 8. The molecule has 180 valence electrons. The zero-order valence-corrected chi connectivity index (χ0v) is 18.8. The number of rotatable bonds is 7. The maximum absolute atomic E-state index is 14.6. The van der Waals surface area contributed by atoms with Gasteiger partial charge in [0.1, 0.15) is 11.4 Å². The Bertz CT molecular complexity index is 1120. The predicted molar refractivity (Wildman–Crippen MR) is 120 cm³/mol. The topological polar surface area (TPSA) is 81.6 Å². The first-order chi connectivity index (χ1) is 16.3. The van der Waals surface area contributed by atoms with Crippen LogP contribution in [-0.4, -0.2) is 54.0 Å². The molecule has 3 aromatic rings. The van der Waals surface area contributed by atoms with Gasteiger partial charge in [-0.3, -0.25) is 0 Å². The van der Waals surface area contributed by atoms with Crippen molar-refractivity contribution in [3.05, 3.63) is 48.5 Å². The van der Waals surface area contributed by atoms with Gasteiger partial charge in [0.05, 0.1) is 25.5 Å². The molecule has 0 unspecified atom stereocenters. The first-order valence-electron chi connectivity index (χ1n) is 10.6. The minimum atomic E-state index is -2.90. The average molecular weight is 475 g/mol. The Kier molecular flexibility index (Phi) is 7.01. The molecule has 1 aliphatic rings. The van der Waals surface area contributed by atoms with Gasteiger partial charge < -0.3 is 24.4 Å². The fourth-order valence-corrected chi connectivity index (χ4v) is 3.76. The second kappa shape index (κ2) is 10.1. The Morgan fingerprint density at radius 2 is 1.76 bits per heavy atom. The van der Waals surface area contributed by atoms with Gasteiger partial charge in [-0.2, -0.15) is 13.8 Å². The Hall–Kier alpha value is -3.60. The molecule has 0 bridgehead atoms. The zero-order chi connectivity index (χ0) is 24.2. The van der Waals surface area contributed by atoms with Crippen LogP contribution in [0.1, 0.15) is 13.8 Å². The summed E-state index contributed by atoms with van der Waals surface area (Å²) in [5, 5.41) is 2.95. The number of ether oxygens (including phenoxy) is 3. The lowest BCUT2D eigenvalue weighted by molar-refractivity contribution is -0.0498. The Morgan fingerprint density at radius 1 is 1.06 bits per heavy atom. The highest BCUT2D eigenvalue weighted by Crippen LogP contribution is 2.32. The van der Waals surface area contributed by atoms with E-state index in [2.05, 4.69) is 25.0 Å². The van der Waals surface area contributed by atoms with E-state index in [4.69, 9.17) is 9.47 Å². The molecule has 1 saturated heterocycles. The summed E-state index contributed by atoms with van der Waals surface area (Å²) in [5.74, 6) is -0.0205. The normalized spacial score (nSPS) is 18.1. The van der Waals surface area contributed by atoms with Crippen molar-refractivity contribution in [2.45, 2.75) is 32.7 Å². The lowest BCUT2D eigenvalue weighted by atomic mass is 10.1. The van der Waals surface area contributed by atoms with Crippen LogP contribution >= 0.6 is 0 Å². The van der Waals surface area contributed by atoms with Crippen molar-refractivity contribution >= 4 is 17.5 Å². The van der Waals surface area contributed by atoms with E-state index in [1.807, 2.05) is 18.7 Å². The summed E-state index contributed by atoms with van der Waals surface area (Å²) in [5.41, 5.74) is 1.72. The Labute approximate surface area is 194 Å². The molecular weight excluding hydrogens is 451 g/mol. The van der Waals surface area contributed by atoms with Crippen LogP contribution in [-0.2, 0) is 4.74 Å². The van der Waals surface area contributed by atoms with E-state index < -0.39 is 12.4 Å². The summed E-state index contributed by atoms with van der Waals surface area (Å²) >= 11 is 0. The first kappa shape index (κ1) is 23.6. The number of anilines is 3. The molecule has 0 aliphatic carbocycles. The first-order valence-corrected chi connectivity index (χ1v) is 10.6. The van der Waals surface area contributed by atoms with Gasteiger partial charge in [0, 0.05) is 24.8 Å². The summed E-state index contributed by atoms with van der Waals surface area (Å²) in [4.78, 5) is 14.7. The van der Waals surface area contributed by atoms with Crippen LogP contribution in [0.3, 0.4) is 0 Å². The van der Waals surface area contributed by atoms with Crippen molar-refractivity contribution in [3.63, 3.8) is 0 Å². The van der Waals surface area contributed by atoms with Crippen LogP contribution in [0.5, 0.6) is 11.6 Å². The molecule has 11 heteroatoms. The molecule has 1 fully saturated rings. The van der Waals surface area contributed by atoms with Crippen molar-refractivity contribution in [3.8, 4) is 22.8 Å². The summed E-state index contributed by atoms with van der Waals surface area (Å²) < 4.78 is 54.9. The molecule has 0 radical (unpaired) electrons. The van der Waals surface area contributed by atoms with E-state index in [1.54, 1.807) is 24.4 Å². The van der Waals surface area contributed by atoms with Crippen molar-refractivity contribution in [1.82, 2.24) is 15.0 Å². The van der Waals surface area contributed by atoms with E-state index in [-0.39, 0.29) is 29.7 Å². The monoisotopic (exact) mass is 475 g/mol. The van der Waals surface area contributed by atoms with Crippen molar-refractivity contribution in [1.29, 1.82) is 0 Å². The SMILES string of the molecule is COc1ncc(-c2ccc(OC(F)F)cc2)cc1Nc1nc(N2C[C@@H](C)O[C@H](C)C2)ncc1F.